The van der Waals surface area contributed by atoms with Crippen LogP contribution < -0.4 is 0 Å². The van der Waals surface area contributed by atoms with Gasteiger partial charge in [0.1, 0.15) is 0 Å². The van der Waals surface area contributed by atoms with E-state index in [4.69, 9.17) is 9.97 Å². The number of fused-ring (bicyclic) bond motifs is 1. The lowest BCUT2D eigenvalue weighted by Gasteiger charge is -2.20. The number of imidazole rings is 2. The lowest BCUT2D eigenvalue weighted by atomic mass is 10.1. The van der Waals surface area contributed by atoms with Crippen molar-refractivity contribution in [3.63, 3.8) is 0 Å². The molecule has 5 rings (SSSR count). The second-order valence-corrected chi connectivity index (χ2v) is 8.54. The number of thiazole rings is 1. The van der Waals surface area contributed by atoms with Gasteiger partial charge in [-0.05, 0) is 39.8 Å². The normalized spacial score (nSPS) is 17.7. The minimum absolute atomic E-state index is 0.670. The first-order valence-electron chi connectivity index (χ1n) is 9.95. The summed E-state index contributed by atoms with van der Waals surface area (Å²) in [7, 11) is 2.25. The van der Waals surface area contributed by atoms with Crippen molar-refractivity contribution >= 4 is 16.3 Å². The zero-order valence-corrected chi connectivity index (χ0v) is 17.2. The van der Waals surface area contributed by atoms with Gasteiger partial charge in [0.05, 0.1) is 29.1 Å². The van der Waals surface area contributed by atoms with E-state index in [0.717, 1.165) is 40.6 Å². The second kappa shape index (κ2) is 7.18. The Kier molecular flexibility index (Phi) is 4.53. The number of aryl methyl sites for hydroxylation is 2. The maximum Gasteiger partial charge on any atom is 0.194 e. The van der Waals surface area contributed by atoms with Gasteiger partial charge in [-0.1, -0.05) is 30.3 Å². The lowest BCUT2D eigenvalue weighted by Crippen LogP contribution is -2.26. The van der Waals surface area contributed by atoms with Crippen LogP contribution in [0.5, 0.6) is 0 Å². The van der Waals surface area contributed by atoms with Crippen LogP contribution in [-0.2, 0) is 6.54 Å². The first kappa shape index (κ1) is 17.6. The van der Waals surface area contributed by atoms with Gasteiger partial charge in [-0.25, -0.2) is 9.97 Å². The largest absolute Gasteiger partial charge is 0.329 e. The molecule has 0 spiro atoms. The summed E-state index contributed by atoms with van der Waals surface area (Å²) in [5.41, 5.74) is 5.58. The molecule has 1 aromatic carbocycles. The molecule has 1 aliphatic rings. The van der Waals surface area contributed by atoms with Crippen molar-refractivity contribution < 1.29 is 0 Å². The maximum absolute atomic E-state index is 4.85. The highest BCUT2D eigenvalue weighted by Gasteiger charge is 2.24. The van der Waals surface area contributed by atoms with Gasteiger partial charge in [-0.3, -0.25) is 4.40 Å². The first-order chi connectivity index (χ1) is 13.7. The molecule has 0 N–H and O–H groups in total. The number of rotatable bonds is 5. The molecule has 0 bridgehead atoms. The Morgan fingerprint density at radius 2 is 2.04 bits per heavy atom. The van der Waals surface area contributed by atoms with Crippen LogP contribution in [-0.4, -0.2) is 43.5 Å². The molecule has 144 valence electrons. The summed E-state index contributed by atoms with van der Waals surface area (Å²) >= 11 is 1.68. The minimum atomic E-state index is 0.670. The summed E-state index contributed by atoms with van der Waals surface area (Å²) in [4.78, 5) is 13.2. The Hall–Kier alpha value is -2.44. The van der Waals surface area contributed by atoms with Gasteiger partial charge in [-0.2, -0.15) is 0 Å². The molecule has 6 heteroatoms. The Morgan fingerprint density at radius 1 is 1.18 bits per heavy atom. The topological polar surface area (TPSA) is 38.4 Å². The van der Waals surface area contributed by atoms with Gasteiger partial charge in [0.2, 0.25) is 0 Å². The molecule has 0 aliphatic carbocycles. The molecule has 1 aliphatic heterocycles. The van der Waals surface area contributed by atoms with Gasteiger partial charge in [-0.15, -0.1) is 11.3 Å². The smallest absolute Gasteiger partial charge is 0.194 e. The summed E-state index contributed by atoms with van der Waals surface area (Å²) in [6.45, 7) is 4.29. The molecule has 1 saturated heterocycles. The van der Waals surface area contributed by atoms with Crippen LogP contribution in [0.15, 0.2) is 48.2 Å². The highest BCUT2D eigenvalue weighted by atomic mass is 32.1. The standard InChI is InChI=1S/C22H25N5S/c1-16-20(27-13-14-28-22(27)24-16)21-19(17-7-4-3-5-8-17)23-15-26(21)12-10-18-9-6-11-25(18)2/h3-5,7-8,13-15,18H,6,9-12H2,1-2H3/t18-/m1/s1. The van der Waals surface area contributed by atoms with Crippen LogP contribution in [0.4, 0.5) is 0 Å². The highest BCUT2D eigenvalue weighted by Crippen LogP contribution is 2.35. The molecule has 3 aromatic heterocycles. The van der Waals surface area contributed by atoms with Crippen LogP contribution >= 0.6 is 11.3 Å². The monoisotopic (exact) mass is 391 g/mol. The third-order valence-electron chi connectivity index (χ3n) is 5.92. The van der Waals surface area contributed by atoms with Gasteiger partial charge in [0.15, 0.2) is 4.96 Å². The van der Waals surface area contributed by atoms with Crippen molar-refractivity contribution in [3.8, 4) is 22.6 Å². The molecule has 1 atom stereocenters. The van der Waals surface area contributed by atoms with Crippen LogP contribution in [0.25, 0.3) is 27.6 Å². The van der Waals surface area contributed by atoms with Crippen molar-refractivity contribution in [2.24, 2.45) is 0 Å². The number of benzene rings is 1. The van der Waals surface area contributed by atoms with Crippen molar-refractivity contribution in [2.45, 2.75) is 38.8 Å². The molecule has 0 amide bonds. The average Bonchev–Trinajstić information content (AvgIpc) is 3.46. The maximum atomic E-state index is 4.85. The Labute approximate surface area is 169 Å². The molecule has 0 radical (unpaired) electrons. The van der Waals surface area contributed by atoms with Crippen molar-refractivity contribution in [1.82, 2.24) is 23.8 Å². The van der Waals surface area contributed by atoms with E-state index in [1.807, 2.05) is 6.33 Å². The van der Waals surface area contributed by atoms with E-state index in [1.165, 1.54) is 25.1 Å². The van der Waals surface area contributed by atoms with E-state index in [1.54, 1.807) is 11.3 Å². The fourth-order valence-corrected chi connectivity index (χ4v) is 5.18. The summed E-state index contributed by atoms with van der Waals surface area (Å²) in [5, 5.41) is 2.10. The average molecular weight is 392 g/mol. The second-order valence-electron chi connectivity index (χ2n) is 7.67. The number of aromatic nitrogens is 4. The molecule has 5 nitrogen and oxygen atoms in total. The number of hydrogen-bond acceptors (Lipinski definition) is 4. The SMILES string of the molecule is Cc1nc2sccn2c1-c1c(-c2ccccc2)ncn1CC[C@H]1CCCN1C. The minimum Gasteiger partial charge on any atom is -0.329 e. The molecule has 1 fully saturated rings. The summed E-state index contributed by atoms with van der Waals surface area (Å²) in [6, 6.07) is 11.2. The number of likely N-dealkylation sites (tertiary alicyclic amines) is 1. The van der Waals surface area contributed by atoms with E-state index in [-0.39, 0.29) is 0 Å². The van der Waals surface area contributed by atoms with Crippen LogP contribution in [0.2, 0.25) is 0 Å². The molecular formula is C22H25N5S. The lowest BCUT2D eigenvalue weighted by molar-refractivity contribution is 0.286. The van der Waals surface area contributed by atoms with Gasteiger partial charge < -0.3 is 9.47 Å². The van der Waals surface area contributed by atoms with E-state index >= 15 is 0 Å². The quantitative estimate of drug-likeness (QED) is 0.494. The summed E-state index contributed by atoms with van der Waals surface area (Å²) in [6.07, 6.45) is 7.89. The van der Waals surface area contributed by atoms with E-state index in [9.17, 15) is 0 Å². The zero-order chi connectivity index (χ0) is 19.1. The molecule has 0 saturated carbocycles. The van der Waals surface area contributed by atoms with Gasteiger partial charge in [0, 0.05) is 29.7 Å². The van der Waals surface area contributed by atoms with E-state index in [2.05, 4.69) is 69.7 Å². The predicted octanol–water partition coefficient (Wildman–Crippen LogP) is 4.72. The third kappa shape index (κ3) is 2.97. The Balaban J connectivity index is 1.61. The third-order valence-corrected chi connectivity index (χ3v) is 6.68. The van der Waals surface area contributed by atoms with Gasteiger partial charge in [0.25, 0.3) is 0 Å². The predicted molar refractivity (Wildman–Crippen MR) is 115 cm³/mol. The number of hydrogen-bond donors (Lipinski definition) is 0. The Bertz CT molecular complexity index is 1090. The summed E-state index contributed by atoms with van der Waals surface area (Å²) in [5.74, 6) is 0. The van der Waals surface area contributed by atoms with Crippen molar-refractivity contribution in [1.29, 1.82) is 0 Å². The van der Waals surface area contributed by atoms with Crippen molar-refractivity contribution in [2.75, 3.05) is 13.6 Å². The van der Waals surface area contributed by atoms with Crippen molar-refractivity contribution in [3.05, 3.63) is 53.9 Å². The first-order valence-corrected chi connectivity index (χ1v) is 10.8. The molecule has 28 heavy (non-hydrogen) atoms. The van der Waals surface area contributed by atoms with Crippen LogP contribution in [0, 0.1) is 6.92 Å². The fourth-order valence-electron chi connectivity index (χ4n) is 4.42. The van der Waals surface area contributed by atoms with E-state index in [0.29, 0.717) is 6.04 Å². The van der Waals surface area contributed by atoms with E-state index < -0.39 is 0 Å². The fraction of sp³-hybridized carbons (Fsp3) is 0.364. The number of nitrogens with zero attached hydrogens (tertiary/aromatic N) is 5. The van der Waals surface area contributed by atoms with Crippen LogP contribution in [0.1, 0.15) is 25.0 Å². The molecular weight excluding hydrogens is 366 g/mol. The van der Waals surface area contributed by atoms with Crippen LogP contribution in [0.3, 0.4) is 0 Å². The van der Waals surface area contributed by atoms with Gasteiger partial charge >= 0.3 is 0 Å². The molecule has 4 aromatic rings. The molecule has 4 heterocycles. The highest BCUT2D eigenvalue weighted by molar-refractivity contribution is 7.15. The Morgan fingerprint density at radius 3 is 2.82 bits per heavy atom. The zero-order valence-electron chi connectivity index (χ0n) is 16.4. The molecule has 0 unspecified atom stereocenters. The summed E-state index contributed by atoms with van der Waals surface area (Å²) < 4.78 is 4.55.